The van der Waals surface area contributed by atoms with Crippen LogP contribution in [0.25, 0.3) is 10.6 Å². The highest BCUT2D eigenvalue weighted by Gasteiger charge is 2.13. The molecule has 9 heteroatoms. The number of nitrogens with one attached hydrogen (secondary N) is 1. The number of hydrogen-bond donors (Lipinski definition) is 2. The van der Waals surface area contributed by atoms with Gasteiger partial charge >= 0.3 is 5.97 Å². The van der Waals surface area contributed by atoms with Gasteiger partial charge in [0.05, 0.1) is 31.6 Å². The summed E-state index contributed by atoms with van der Waals surface area (Å²) in [6.07, 6.45) is 0. The summed E-state index contributed by atoms with van der Waals surface area (Å²) in [7, 11) is 1.51. The first-order chi connectivity index (χ1) is 14.6. The molecule has 0 spiro atoms. The summed E-state index contributed by atoms with van der Waals surface area (Å²) >= 11 is 2.94. The number of hydrogen-bond acceptors (Lipinski definition) is 8. The lowest BCUT2D eigenvalue weighted by Gasteiger charge is -2.28. The zero-order valence-electron chi connectivity index (χ0n) is 16.3. The maximum absolute atomic E-state index is 11.1. The number of thiazole rings is 1. The molecule has 7 nitrogen and oxygen atoms in total. The molecule has 1 aliphatic heterocycles. The van der Waals surface area contributed by atoms with Crippen molar-refractivity contribution < 1.29 is 19.4 Å². The topological polar surface area (TPSA) is 83.9 Å². The molecule has 0 saturated carbocycles. The number of ether oxygens (including phenoxy) is 2. The van der Waals surface area contributed by atoms with E-state index in [1.165, 1.54) is 36.9 Å². The number of aromatic nitrogens is 1. The molecule has 0 aliphatic carbocycles. The molecule has 4 rings (SSSR count). The number of aromatic carboxylic acids is 1. The molecule has 1 saturated heterocycles. The number of morpholine rings is 1. The highest BCUT2D eigenvalue weighted by Crippen LogP contribution is 2.33. The van der Waals surface area contributed by atoms with Gasteiger partial charge in [-0.3, -0.25) is 0 Å². The molecule has 1 aromatic heterocycles. The van der Waals surface area contributed by atoms with Crippen molar-refractivity contribution in [3.05, 3.63) is 53.4 Å². The van der Waals surface area contributed by atoms with E-state index in [1.54, 1.807) is 17.4 Å². The lowest BCUT2D eigenvalue weighted by Crippen LogP contribution is -2.36. The van der Waals surface area contributed by atoms with Crippen LogP contribution in [-0.4, -0.2) is 49.5 Å². The van der Waals surface area contributed by atoms with Crippen LogP contribution in [0.1, 0.15) is 10.4 Å². The zero-order valence-corrected chi connectivity index (χ0v) is 18.0. The third kappa shape index (κ3) is 4.69. The van der Waals surface area contributed by atoms with Crippen molar-refractivity contribution in [3.63, 3.8) is 0 Å². The second-order valence-corrected chi connectivity index (χ2v) is 8.25. The lowest BCUT2D eigenvalue weighted by atomic mass is 10.2. The van der Waals surface area contributed by atoms with Gasteiger partial charge in [-0.15, -0.1) is 11.3 Å². The number of benzene rings is 2. The van der Waals surface area contributed by atoms with Crippen LogP contribution in [0.3, 0.4) is 0 Å². The van der Waals surface area contributed by atoms with Crippen molar-refractivity contribution in [3.8, 4) is 16.3 Å². The van der Waals surface area contributed by atoms with Crippen LogP contribution < -0.4 is 14.4 Å². The number of carboxylic acids is 1. The summed E-state index contributed by atoms with van der Waals surface area (Å²) < 4.78 is 13.9. The summed E-state index contributed by atoms with van der Waals surface area (Å²) in [5, 5.41) is 12.9. The molecular formula is C21H21N3O4S2. The van der Waals surface area contributed by atoms with Gasteiger partial charge in [-0.05, 0) is 42.5 Å². The quantitative estimate of drug-likeness (QED) is 0.518. The minimum absolute atomic E-state index is 0.180. The van der Waals surface area contributed by atoms with Crippen molar-refractivity contribution in [1.82, 2.24) is 4.98 Å². The first kappa shape index (κ1) is 20.5. The van der Waals surface area contributed by atoms with E-state index in [4.69, 9.17) is 14.6 Å². The SMILES string of the molecule is COc1cc(C(=O)O)ccc1NSc1csc(-c2ccc(N3CCOCC3)cc2)n1. The van der Waals surface area contributed by atoms with Gasteiger partial charge in [-0.1, -0.05) is 0 Å². The monoisotopic (exact) mass is 443 g/mol. The molecule has 156 valence electrons. The Morgan fingerprint density at radius 1 is 1.23 bits per heavy atom. The van der Waals surface area contributed by atoms with Crippen LogP contribution in [0.5, 0.6) is 5.75 Å². The van der Waals surface area contributed by atoms with E-state index in [0.717, 1.165) is 41.9 Å². The number of carbonyl (C=O) groups is 1. The fourth-order valence-electron chi connectivity index (χ4n) is 3.09. The van der Waals surface area contributed by atoms with Crippen LogP contribution in [0.4, 0.5) is 11.4 Å². The summed E-state index contributed by atoms with van der Waals surface area (Å²) in [5.41, 5.74) is 3.15. The normalized spacial score (nSPS) is 13.8. The Hall–Kier alpha value is -2.75. The van der Waals surface area contributed by atoms with Crippen LogP contribution >= 0.6 is 23.3 Å². The van der Waals surface area contributed by atoms with E-state index >= 15 is 0 Å². The highest BCUT2D eigenvalue weighted by molar-refractivity contribution is 8.00. The van der Waals surface area contributed by atoms with Crippen LogP contribution in [0, 0.1) is 0 Å². The number of methoxy groups -OCH3 is 1. The Morgan fingerprint density at radius 3 is 2.70 bits per heavy atom. The van der Waals surface area contributed by atoms with Crippen molar-refractivity contribution in [2.75, 3.05) is 43.0 Å². The average Bonchev–Trinajstić information content (AvgIpc) is 3.27. The molecule has 2 aromatic carbocycles. The molecule has 0 radical (unpaired) electrons. The Kier molecular flexibility index (Phi) is 6.41. The maximum Gasteiger partial charge on any atom is 0.335 e. The number of anilines is 2. The predicted molar refractivity (Wildman–Crippen MR) is 120 cm³/mol. The molecule has 0 amide bonds. The largest absolute Gasteiger partial charge is 0.495 e. The van der Waals surface area contributed by atoms with Crippen molar-refractivity contribution in [2.24, 2.45) is 0 Å². The van der Waals surface area contributed by atoms with Crippen molar-refractivity contribution in [2.45, 2.75) is 5.03 Å². The van der Waals surface area contributed by atoms with E-state index in [2.05, 4.69) is 38.9 Å². The molecule has 0 bridgehead atoms. The summed E-state index contributed by atoms with van der Waals surface area (Å²) in [6, 6.07) is 13.2. The van der Waals surface area contributed by atoms with Crippen LogP contribution in [-0.2, 0) is 4.74 Å². The van der Waals surface area contributed by atoms with Crippen molar-refractivity contribution >= 4 is 40.6 Å². The molecule has 1 aliphatic rings. The molecular weight excluding hydrogens is 422 g/mol. The predicted octanol–water partition coefficient (Wildman–Crippen LogP) is 4.47. The van der Waals surface area contributed by atoms with Gasteiger partial charge in [-0.25, -0.2) is 9.78 Å². The minimum Gasteiger partial charge on any atom is -0.495 e. The van der Waals surface area contributed by atoms with Crippen molar-refractivity contribution in [1.29, 1.82) is 0 Å². The van der Waals surface area contributed by atoms with Gasteiger partial charge in [0.15, 0.2) is 0 Å². The number of rotatable bonds is 7. The Morgan fingerprint density at radius 2 is 2.00 bits per heavy atom. The first-order valence-electron chi connectivity index (χ1n) is 9.37. The van der Waals surface area contributed by atoms with Gasteiger partial charge in [-0.2, -0.15) is 0 Å². The zero-order chi connectivity index (χ0) is 20.9. The first-order valence-corrected chi connectivity index (χ1v) is 11.1. The maximum atomic E-state index is 11.1. The Balaban J connectivity index is 1.41. The molecule has 30 heavy (non-hydrogen) atoms. The van der Waals surface area contributed by atoms with Crippen LogP contribution in [0.2, 0.25) is 0 Å². The molecule has 1 fully saturated rings. The van der Waals surface area contributed by atoms with E-state index in [0.29, 0.717) is 11.4 Å². The van der Waals surface area contributed by atoms with Gasteiger partial charge in [0, 0.05) is 41.7 Å². The van der Waals surface area contributed by atoms with Gasteiger partial charge < -0.3 is 24.2 Å². The Bertz CT molecular complexity index is 1020. The summed E-state index contributed by atoms with van der Waals surface area (Å²) in [6.45, 7) is 3.37. The minimum atomic E-state index is -0.990. The lowest BCUT2D eigenvalue weighted by molar-refractivity contribution is 0.0696. The fourth-order valence-corrected chi connectivity index (χ4v) is 4.69. The second kappa shape index (κ2) is 9.38. The Labute approximate surface area is 182 Å². The van der Waals surface area contributed by atoms with Crippen LogP contribution in [0.15, 0.2) is 52.9 Å². The number of carboxylic acid groups (broad SMARTS) is 1. The average molecular weight is 444 g/mol. The highest BCUT2D eigenvalue weighted by atomic mass is 32.2. The van der Waals surface area contributed by atoms with E-state index in [1.807, 2.05) is 5.38 Å². The molecule has 3 aromatic rings. The standard InChI is InChI=1S/C21H21N3O4S2/c1-27-18-12-15(21(25)26)4-7-17(18)23-30-19-13-29-20(22-19)14-2-5-16(6-3-14)24-8-10-28-11-9-24/h2-7,12-13,23H,8-11H2,1H3,(H,25,26). The third-order valence-corrected chi connectivity index (χ3v) is 6.47. The van der Waals surface area contributed by atoms with E-state index < -0.39 is 5.97 Å². The third-order valence-electron chi connectivity index (χ3n) is 4.69. The smallest absolute Gasteiger partial charge is 0.335 e. The van der Waals surface area contributed by atoms with E-state index in [-0.39, 0.29) is 5.56 Å². The molecule has 2 heterocycles. The van der Waals surface area contributed by atoms with Gasteiger partial charge in [0.2, 0.25) is 0 Å². The molecule has 2 N–H and O–H groups in total. The second-order valence-electron chi connectivity index (χ2n) is 6.56. The fraction of sp³-hybridized carbons (Fsp3) is 0.238. The molecule has 0 unspecified atom stereocenters. The summed E-state index contributed by atoms with van der Waals surface area (Å²) in [4.78, 5) is 18.1. The summed E-state index contributed by atoms with van der Waals surface area (Å²) in [5.74, 6) is -0.521. The molecule has 0 atom stereocenters. The van der Waals surface area contributed by atoms with E-state index in [9.17, 15) is 4.79 Å². The number of nitrogens with zero attached hydrogens (tertiary/aromatic N) is 2. The van der Waals surface area contributed by atoms with Gasteiger partial charge in [0.1, 0.15) is 15.8 Å². The van der Waals surface area contributed by atoms with Gasteiger partial charge in [0.25, 0.3) is 0 Å².